The van der Waals surface area contributed by atoms with Crippen LogP contribution < -0.4 is 10.2 Å². The second-order valence-corrected chi connectivity index (χ2v) is 7.18. The Balaban J connectivity index is 1.47. The average molecular weight is 391 g/mol. The Kier molecular flexibility index (Phi) is 4.88. The molecule has 0 fully saturated rings. The number of aryl methyl sites for hydroxylation is 1. The van der Waals surface area contributed by atoms with Crippen LogP contribution in [0.3, 0.4) is 0 Å². The minimum atomic E-state index is -0.458. The molecule has 148 valence electrons. The molecule has 0 atom stereocenters. The summed E-state index contributed by atoms with van der Waals surface area (Å²) in [5, 5.41) is 2.76. The molecule has 0 aliphatic carbocycles. The van der Waals surface area contributed by atoms with Crippen molar-refractivity contribution in [1.82, 2.24) is 4.90 Å². The summed E-state index contributed by atoms with van der Waals surface area (Å²) in [7, 11) is 0. The summed E-state index contributed by atoms with van der Waals surface area (Å²) in [6.45, 7) is 2.34. The van der Waals surface area contributed by atoms with Crippen LogP contribution >= 0.6 is 0 Å². The van der Waals surface area contributed by atoms with Gasteiger partial charge in [0.1, 0.15) is 6.54 Å². The Hall–Kier alpha value is -3.48. The fourth-order valence-corrected chi connectivity index (χ4v) is 3.83. The largest absolute Gasteiger partial charge is 0.325 e. The molecule has 0 bridgehead atoms. The van der Waals surface area contributed by atoms with Crippen LogP contribution in [0, 0.1) is 0 Å². The molecule has 0 saturated carbocycles. The molecule has 2 heterocycles. The van der Waals surface area contributed by atoms with E-state index in [4.69, 9.17) is 0 Å². The molecule has 2 aromatic rings. The molecule has 29 heavy (non-hydrogen) atoms. The second kappa shape index (κ2) is 7.50. The van der Waals surface area contributed by atoms with Gasteiger partial charge >= 0.3 is 0 Å². The minimum absolute atomic E-state index is 0.113. The zero-order valence-electron chi connectivity index (χ0n) is 16.1. The van der Waals surface area contributed by atoms with Gasteiger partial charge in [-0.1, -0.05) is 19.1 Å². The third kappa shape index (κ3) is 3.40. The highest BCUT2D eigenvalue weighted by atomic mass is 16.2. The smallest absolute Gasteiger partial charge is 0.262 e. The lowest BCUT2D eigenvalue weighted by Gasteiger charge is -2.29. The van der Waals surface area contributed by atoms with Crippen LogP contribution in [0.5, 0.6) is 0 Å². The van der Waals surface area contributed by atoms with Crippen molar-refractivity contribution < 1.29 is 19.2 Å². The molecular weight excluding hydrogens is 370 g/mol. The van der Waals surface area contributed by atoms with Crippen molar-refractivity contribution in [3.05, 3.63) is 59.2 Å². The summed E-state index contributed by atoms with van der Waals surface area (Å²) in [6.07, 6.45) is 1.93. The van der Waals surface area contributed by atoms with Gasteiger partial charge < -0.3 is 10.2 Å². The van der Waals surface area contributed by atoms with Gasteiger partial charge in [-0.05, 0) is 48.7 Å². The molecule has 0 saturated heterocycles. The van der Waals surface area contributed by atoms with Crippen LogP contribution in [0.1, 0.15) is 46.0 Å². The number of nitrogens with zero attached hydrogens (tertiary/aromatic N) is 2. The Bertz CT molecular complexity index is 995. The fourth-order valence-electron chi connectivity index (χ4n) is 3.83. The van der Waals surface area contributed by atoms with Gasteiger partial charge in [-0.3, -0.25) is 24.1 Å². The highest BCUT2D eigenvalue weighted by Gasteiger charge is 2.36. The quantitative estimate of drug-likeness (QED) is 0.794. The third-order valence-corrected chi connectivity index (χ3v) is 5.19. The molecule has 0 unspecified atom stereocenters. The lowest BCUT2D eigenvalue weighted by atomic mass is 10.00. The van der Waals surface area contributed by atoms with Crippen molar-refractivity contribution in [3.63, 3.8) is 0 Å². The van der Waals surface area contributed by atoms with Crippen LogP contribution in [-0.4, -0.2) is 41.6 Å². The van der Waals surface area contributed by atoms with Gasteiger partial charge in [0.25, 0.3) is 11.8 Å². The molecule has 4 rings (SSSR count). The first-order valence-electron chi connectivity index (χ1n) is 9.68. The molecule has 4 amide bonds. The standard InChI is InChI=1S/C22H21N3O4/c1-2-11-24-18-9-8-15(12-14(18)7-10-20(24)27)23-19(26)13-25-21(28)16-5-3-4-6-17(16)22(25)29/h3-6,8-9,12H,2,7,10-11,13H2,1H3,(H,23,26). The summed E-state index contributed by atoms with van der Waals surface area (Å²) in [5.41, 5.74) is 3.09. The molecular formula is C22H21N3O4. The maximum atomic E-state index is 12.5. The highest BCUT2D eigenvalue weighted by molar-refractivity contribution is 6.22. The summed E-state index contributed by atoms with van der Waals surface area (Å²) >= 11 is 0. The van der Waals surface area contributed by atoms with Gasteiger partial charge in [0.2, 0.25) is 11.8 Å². The molecule has 0 aromatic heterocycles. The maximum Gasteiger partial charge on any atom is 0.262 e. The topological polar surface area (TPSA) is 86.8 Å². The number of carbonyl (C=O) groups is 4. The van der Waals surface area contributed by atoms with Crippen LogP contribution in [0.2, 0.25) is 0 Å². The Morgan fingerprint density at radius 2 is 1.66 bits per heavy atom. The van der Waals surface area contributed by atoms with E-state index < -0.39 is 17.7 Å². The number of hydrogen-bond donors (Lipinski definition) is 1. The number of rotatable bonds is 5. The van der Waals surface area contributed by atoms with E-state index in [-0.39, 0.29) is 12.5 Å². The Labute approximate surface area is 168 Å². The third-order valence-electron chi connectivity index (χ3n) is 5.19. The molecule has 7 nitrogen and oxygen atoms in total. The predicted molar refractivity (Wildman–Crippen MR) is 108 cm³/mol. The number of hydrogen-bond acceptors (Lipinski definition) is 4. The zero-order chi connectivity index (χ0) is 20.5. The summed E-state index contributed by atoms with van der Waals surface area (Å²) in [6, 6.07) is 12.0. The summed E-state index contributed by atoms with van der Waals surface area (Å²) < 4.78 is 0. The van der Waals surface area contributed by atoms with Crippen LogP contribution in [0.4, 0.5) is 11.4 Å². The summed E-state index contributed by atoms with van der Waals surface area (Å²) in [5.74, 6) is -1.25. The van der Waals surface area contributed by atoms with E-state index in [2.05, 4.69) is 5.32 Å². The van der Waals surface area contributed by atoms with Crippen molar-refractivity contribution in [1.29, 1.82) is 0 Å². The molecule has 0 spiro atoms. The number of imide groups is 1. The van der Waals surface area contributed by atoms with Crippen LogP contribution in [-0.2, 0) is 16.0 Å². The first kappa shape index (κ1) is 18.9. The number of benzene rings is 2. The van der Waals surface area contributed by atoms with Crippen LogP contribution in [0.15, 0.2) is 42.5 Å². The Morgan fingerprint density at radius 3 is 2.31 bits per heavy atom. The van der Waals surface area contributed by atoms with Crippen molar-refractivity contribution in [2.75, 3.05) is 23.3 Å². The van der Waals surface area contributed by atoms with Crippen LogP contribution in [0.25, 0.3) is 0 Å². The van der Waals surface area contributed by atoms with E-state index in [1.165, 1.54) is 0 Å². The van der Waals surface area contributed by atoms with E-state index in [1.807, 2.05) is 19.1 Å². The number of nitrogens with one attached hydrogen (secondary N) is 1. The molecule has 0 radical (unpaired) electrons. The molecule has 2 aliphatic rings. The first-order valence-corrected chi connectivity index (χ1v) is 9.68. The van der Waals surface area contributed by atoms with E-state index >= 15 is 0 Å². The van der Waals surface area contributed by atoms with Gasteiger partial charge in [-0.15, -0.1) is 0 Å². The van der Waals surface area contributed by atoms with Crippen molar-refractivity contribution in [2.45, 2.75) is 26.2 Å². The van der Waals surface area contributed by atoms with Gasteiger partial charge in [-0.2, -0.15) is 0 Å². The predicted octanol–water partition coefficient (Wildman–Crippen LogP) is 2.61. The van der Waals surface area contributed by atoms with E-state index in [1.54, 1.807) is 35.2 Å². The average Bonchev–Trinajstić information content (AvgIpc) is 2.95. The molecule has 2 aromatic carbocycles. The first-order chi connectivity index (χ1) is 14.0. The van der Waals surface area contributed by atoms with Crippen molar-refractivity contribution >= 4 is 35.0 Å². The molecule has 2 aliphatic heterocycles. The van der Waals surface area contributed by atoms with E-state index in [0.29, 0.717) is 36.2 Å². The van der Waals surface area contributed by atoms with Gasteiger partial charge in [0.05, 0.1) is 11.1 Å². The lowest BCUT2D eigenvalue weighted by molar-refractivity contribution is -0.119. The normalized spacial score (nSPS) is 15.4. The fraction of sp³-hybridized carbons (Fsp3) is 0.273. The van der Waals surface area contributed by atoms with E-state index in [9.17, 15) is 19.2 Å². The lowest BCUT2D eigenvalue weighted by Crippen LogP contribution is -2.37. The number of amides is 4. The molecule has 7 heteroatoms. The minimum Gasteiger partial charge on any atom is -0.325 e. The number of carbonyl (C=O) groups excluding carboxylic acids is 4. The second-order valence-electron chi connectivity index (χ2n) is 7.18. The number of anilines is 2. The van der Waals surface area contributed by atoms with Gasteiger partial charge in [0, 0.05) is 24.3 Å². The SMILES string of the molecule is CCCN1C(=O)CCc2cc(NC(=O)CN3C(=O)c4ccccc4C3=O)ccc21. The monoisotopic (exact) mass is 391 g/mol. The van der Waals surface area contributed by atoms with Crippen molar-refractivity contribution in [2.24, 2.45) is 0 Å². The molecule has 1 N–H and O–H groups in total. The number of fused-ring (bicyclic) bond motifs is 2. The zero-order valence-corrected chi connectivity index (χ0v) is 16.1. The van der Waals surface area contributed by atoms with Gasteiger partial charge in [0.15, 0.2) is 0 Å². The highest BCUT2D eigenvalue weighted by Crippen LogP contribution is 2.30. The Morgan fingerprint density at radius 1 is 0.966 bits per heavy atom. The van der Waals surface area contributed by atoms with Crippen molar-refractivity contribution in [3.8, 4) is 0 Å². The van der Waals surface area contributed by atoms with E-state index in [0.717, 1.165) is 22.6 Å². The maximum absolute atomic E-state index is 12.5. The van der Waals surface area contributed by atoms with Gasteiger partial charge in [-0.25, -0.2) is 0 Å². The summed E-state index contributed by atoms with van der Waals surface area (Å²) in [4.78, 5) is 52.2.